The lowest BCUT2D eigenvalue weighted by atomic mass is 9.49. The van der Waals surface area contributed by atoms with Gasteiger partial charge in [0.1, 0.15) is 5.75 Å². The molecule has 3 N–H and O–H groups in total. The molecule has 0 atom stereocenters. The summed E-state index contributed by atoms with van der Waals surface area (Å²) in [5.74, 6) is 2.58. The summed E-state index contributed by atoms with van der Waals surface area (Å²) in [5.41, 5.74) is 0.755. The summed E-state index contributed by atoms with van der Waals surface area (Å²) in [6.45, 7) is 0.441. The average Bonchev–Trinajstić information content (AvgIpc) is 2.51. The topological polar surface area (TPSA) is 98.5 Å². The highest BCUT2D eigenvalue weighted by Crippen LogP contribution is 2.60. The molecule has 0 aliphatic heterocycles. The third-order valence-electron chi connectivity index (χ3n) is 6.11. The van der Waals surface area contributed by atoms with E-state index in [4.69, 9.17) is 5.14 Å². The second kappa shape index (κ2) is 5.99. The Hall–Kier alpha value is -1.60. The fraction of sp³-hybridized carbons (Fsp3) is 0.611. The maximum atomic E-state index is 12.9. The van der Waals surface area contributed by atoms with Gasteiger partial charge in [-0.05, 0) is 74.0 Å². The average molecular weight is 364 g/mol. The number of carbonyl (C=O) groups excluding carboxylic acids is 1. The SMILES string of the molecule is NS(=O)(=O)Oc1ccc(CNC(=O)C23CC4CC(CC(C4)C2)C3)cc1. The molecule has 0 spiro atoms. The van der Waals surface area contributed by atoms with E-state index in [9.17, 15) is 13.2 Å². The Kier molecular flexibility index (Phi) is 4.03. The van der Waals surface area contributed by atoms with E-state index in [1.54, 1.807) is 12.1 Å². The minimum Gasteiger partial charge on any atom is -0.371 e. The molecule has 0 saturated heterocycles. The summed E-state index contributed by atoms with van der Waals surface area (Å²) in [6, 6.07) is 6.55. The molecular weight excluding hydrogens is 340 g/mol. The number of nitrogens with two attached hydrogens (primary N) is 1. The van der Waals surface area contributed by atoms with E-state index >= 15 is 0 Å². The lowest BCUT2D eigenvalue weighted by molar-refractivity contribution is -0.146. The molecule has 0 radical (unpaired) electrons. The van der Waals surface area contributed by atoms with E-state index in [0.29, 0.717) is 6.54 Å². The van der Waals surface area contributed by atoms with Gasteiger partial charge in [0.15, 0.2) is 0 Å². The van der Waals surface area contributed by atoms with Crippen LogP contribution in [0, 0.1) is 23.2 Å². The lowest BCUT2D eigenvalue weighted by Gasteiger charge is -2.55. The zero-order valence-electron chi connectivity index (χ0n) is 14.1. The van der Waals surface area contributed by atoms with Gasteiger partial charge in [-0.15, -0.1) is 0 Å². The first kappa shape index (κ1) is 16.8. The molecule has 0 aromatic heterocycles. The summed E-state index contributed by atoms with van der Waals surface area (Å²) in [7, 11) is -4.01. The van der Waals surface area contributed by atoms with Gasteiger partial charge in [-0.1, -0.05) is 12.1 Å². The lowest BCUT2D eigenvalue weighted by Crippen LogP contribution is -2.53. The van der Waals surface area contributed by atoms with Crippen LogP contribution in [0.15, 0.2) is 24.3 Å². The number of benzene rings is 1. The van der Waals surface area contributed by atoms with Crippen molar-refractivity contribution in [2.75, 3.05) is 0 Å². The van der Waals surface area contributed by atoms with Crippen molar-refractivity contribution in [3.63, 3.8) is 0 Å². The van der Waals surface area contributed by atoms with Crippen LogP contribution in [0.1, 0.15) is 44.1 Å². The summed E-state index contributed by atoms with van der Waals surface area (Å²) < 4.78 is 26.4. The van der Waals surface area contributed by atoms with Crippen LogP contribution >= 0.6 is 0 Å². The first-order valence-electron chi connectivity index (χ1n) is 8.91. The van der Waals surface area contributed by atoms with Gasteiger partial charge in [-0.3, -0.25) is 4.79 Å². The van der Waals surface area contributed by atoms with Gasteiger partial charge in [0.2, 0.25) is 5.91 Å². The van der Waals surface area contributed by atoms with Crippen molar-refractivity contribution in [3.8, 4) is 5.75 Å². The maximum Gasteiger partial charge on any atom is 0.380 e. The van der Waals surface area contributed by atoms with Gasteiger partial charge in [0.25, 0.3) is 0 Å². The van der Waals surface area contributed by atoms with E-state index in [0.717, 1.165) is 42.6 Å². The molecule has 6 nitrogen and oxygen atoms in total. The molecule has 1 aromatic carbocycles. The van der Waals surface area contributed by atoms with Crippen LogP contribution in [0.3, 0.4) is 0 Å². The Morgan fingerprint density at radius 1 is 1.08 bits per heavy atom. The number of amides is 1. The predicted octanol–water partition coefficient (Wildman–Crippen LogP) is 2.10. The van der Waals surface area contributed by atoms with Gasteiger partial charge >= 0.3 is 10.3 Å². The minimum atomic E-state index is -4.01. The van der Waals surface area contributed by atoms with Crippen LogP contribution < -0.4 is 14.6 Å². The largest absolute Gasteiger partial charge is 0.380 e. The van der Waals surface area contributed by atoms with Crippen LogP contribution in [0.2, 0.25) is 0 Å². The molecular formula is C18H24N2O4S. The quantitative estimate of drug-likeness (QED) is 0.836. The van der Waals surface area contributed by atoms with Crippen LogP contribution in [0.25, 0.3) is 0 Å². The first-order valence-corrected chi connectivity index (χ1v) is 10.4. The molecule has 136 valence electrons. The molecule has 4 bridgehead atoms. The zero-order chi connectivity index (χ0) is 17.7. The van der Waals surface area contributed by atoms with E-state index in [1.807, 2.05) is 0 Å². The third kappa shape index (κ3) is 3.53. The predicted molar refractivity (Wildman–Crippen MR) is 92.6 cm³/mol. The van der Waals surface area contributed by atoms with Crippen LogP contribution in [-0.4, -0.2) is 14.3 Å². The number of rotatable bonds is 5. The standard InChI is InChI=1S/C18H24N2O4S/c19-25(22,23)24-16-3-1-12(2-4-16)11-20-17(21)18-8-13-5-14(9-18)7-15(6-13)10-18/h1-4,13-15H,5-11H2,(H,20,21)(H2,19,22,23). The molecule has 0 heterocycles. The van der Waals surface area contributed by atoms with Crippen molar-refractivity contribution in [3.05, 3.63) is 29.8 Å². The summed E-state index contributed by atoms with van der Waals surface area (Å²) in [5, 5.41) is 7.94. The van der Waals surface area contributed by atoms with Crippen molar-refractivity contribution < 1.29 is 17.4 Å². The highest BCUT2D eigenvalue weighted by atomic mass is 32.2. The van der Waals surface area contributed by atoms with Crippen LogP contribution in [0.5, 0.6) is 5.75 Å². The molecule has 25 heavy (non-hydrogen) atoms. The van der Waals surface area contributed by atoms with E-state index < -0.39 is 10.3 Å². The number of carbonyl (C=O) groups is 1. The fourth-order valence-electron chi connectivity index (χ4n) is 5.56. The molecule has 0 unspecified atom stereocenters. The second-order valence-electron chi connectivity index (χ2n) is 8.10. The highest BCUT2D eigenvalue weighted by Gasteiger charge is 2.54. The molecule has 1 aromatic rings. The smallest absolute Gasteiger partial charge is 0.371 e. The molecule has 4 aliphatic rings. The fourth-order valence-corrected chi connectivity index (χ4v) is 5.93. The molecule has 1 amide bonds. The minimum absolute atomic E-state index is 0.147. The highest BCUT2D eigenvalue weighted by molar-refractivity contribution is 7.84. The monoisotopic (exact) mass is 364 g/mol. The maximum absolute atomic E-state index is 12.9. The summed E-state index contributed by atoms with van der Waals surface area (Å²) in [4.78, 5) is 12.9. The molecule has 4 saturated carbocycles. The van der Waals surface area contributed by atoms with E-state index in [1.165, 1.54) is 31.4 Å². The van der Waals surface area contributed by atoms with Gasteiger partial charge in [0, 0.05) is 12.0 Å². The van der Waals surface area contributed by atoms with Crippen molar-refractivity contribution in [1.29, 1.82) is 0 Å². The van der Waals surface area contributed by atoms with Gasteiger partial charge in [-0.2, -0.15) is 13.6 Å². The second-order valence-corrected chi connectivity index (χ2v) is 9.25. The summed E-state index contributed by atoms with van der Waals surface area (Å²) in [6.07, 6.45) is 7.10. The Morgan fingerprint density at radius 3 is 2.08 bits per heavy atom. The van der Waals surface area contributed by atoms with E-state index in [-0.39, 0.29) is 17.1 Å². The molecule has 5 rings (SSSR count). The Labute approximate surface area is 148 Å². The Morgan fingerprint density at radius 2 is 1.60 bits per heavy atom. The molecule has 4 fully saturated rings. The number of nitrogens with one attached hydrogen (secondary N) is 1. The normalized spacial score (nSPS) is 33.2. The number of hydrogen-bond acceptors (Lipinski definition) is 4. The van der Waals surface area contributed by atoms with Crippen molar-refractivity contribution >= 4 is 16.2 Å². The van der Waals surface area contributed by atoms with Crippen molar-refractivity contribution in [2.45, 2.75) is 45.1 Å². The van der Waals surface area contributed by atoms with Gasteiger partial charge < -0.3 is 9.50 Å². The molecule has 4 aliphatic carbocycles. The first-order chi connectivity index (χ1) is 11.8. The zero-order valence-corrected chi connectivity index (χ0v) is 14.9. The van der Waals surface area contributed by atoms with Gasteiger partial charge in [0.05, 0.1) is 0 Å². The summed E-state index contributed by atoms with van der Waals surface area (Å²) >= 11 is 0. The third-order valence-corrected chi connectivity index (χ3v) is 6.53. The van der Waals surface area contributed by atoms with Crippen LogP contribution in [0.4, 0.5) is 0 Å². The molecule has 7 heteroatoms. The Balaban J connectivity index is 1.37. The van der Waals surface area contributed by atoms with Crippen LogP contribution in [-0.2, 0) is 21.6 Å². The van der Waals surface area contributed by atoms with E-state index in [2.05, 4.69) is 9.50 Å². The Bertz CT molecular complexity index is 737. The van der Waals surface area contributed by atoms with Gasteiger partial charge in [-0.25, -0.2) is 0 Å². The van der Waals surface area contributed by atoms with Crippen molar-refractivity contribution in [1.82, 2.24) is 5.32 Å². The van der Waals surface area contributed by atoms with Crippen molar-refractivity contribution in [2.24, 2.45) is 28.3 Å². The number of hydrogen-bond donors (Lipinski definition) is 2.